The van der Waals surface area contributed by atoms with Crippen molar-refractivity contribution in [2.45, 2.75) is 51.4 Å². The maximum atomic E-state index is 12.1. The summed E-state index contributed by atoms with van der Waals surface area (Å²) in [6.45, 7) is 10.5. The lowest BCUT2D eigenvalue weighted by Crippen LogP contribution is -2.04. The van der Waals surface area contributed by atoms with Crippen molar-refractivity contribution in [1.82, 2.24) is 20.2 Å². The average molecular weight is 421 g/mol. The van der Waals surface area contributed by atoms with Crippen molar-refractivity contribution in [3.63, 3.8) is 0 Å². The molecule has 0 atom stereocenters. The zero-order valence-electron chi connectivity index (χ0n) is 17.8. The highest BCUT2D eigenvalue weighted by Gasteiger charge is 2.15. The second-order valence-corrected chi connectivity index (χ2v) is 8.84. The fourth-order valence-corrected chi connectivity index (χ4v) is 4.61. The molecular weight excluding hydrogens is 396 g/mol. The smallest absolute Gasteiger partial charge is 0.336 e. The maximum absolute atomic E-state index is 12.1. The Kier molecular flexibility index (Phi) is 5.47. The van der Waals surface area contributed by atoms with Gasteiger partial charge in [0.15, 0.2) is 0 Å². The van der Waals surface area contributed by atoms with Gasteiger partial charge in [0.1, 0.15) is 5.58 Å². The van der Waals surface area contributed by atoms with Crippen molar-refractivity contribution < 1.29 is 4.42 Å². The van der Waals surface area contributed by atoms with Gasteiger partial charge in [-0.05, 0) is 77.6 Å². The molecule has 2 heterocycles. The van der Waals surface area contributed by atoms with Crippen LogP contribution in [0.25, 0.3) is 16.7 Å². The van der Waals surface area contributed by atoms with Gasteiger partial charge in [0.05, 0.1) is 5.69 Å². The van der Waals surface area contributed by atoms with Gasteiger partial charge in [-0.1, -0.05) is 43.3 Å². The van der Waals surface area contributed by atoms with Crippen molar-refractivity contribution in [2.75, 3.05) is 0 Å². The Morgan fingerprint density at radius 2 is 1.87 bits per heavy atom. The van der Waals surface area contributed by atoms with Crippen LogP contribution in [-0.4, -0.2) is 20.2 Å². The number of thioether (sulfide) groups is 1. The summed E-state index contributed by atoms with van der Waals surface area (Å²) in [5, 5.41) is 13.9. The SMILES string of the molecule is Cc1ccc(-n2nnnc2SCc2cc(=O)oc3cc(C)c(C(C)C)cc23)c(C)c1. The number of tetrazole rings is 1. The Morgan fingerprint density at radius 1 is 1.07 bits per heavy atom. The summed E-state index contributed by atoms with van der Waals surface area (Å²) in [6.07, 6.45) is 0. The van der Waals surface area contributed by atoms with E-state index in [9.17, 15) is 4.79 Å². The molecule has 0 aliphatic carbocycles. The van der Waals surface area contributed by atoms with Crippen LogP contribution in [0.2, 0.25) is 0 Å². The quantitative estimate of drug-likeness (QED) is 0.330. The summed E-state index contributed by atoms with van der Waals surface area (Å²) in [4.78, 5) is 12.1. The molecule has 0 amide bonds. The van der Waals surface area contributed by atoms with E-state index in [0.29, 0.717) is 22.4 Å². The first-order valence-electron chi connectivity index (χ1n) is 9.89. The van der Waals surface area contributed by atoms with Gasteiger partial charge in [-0.3, -0.25) is 0 Å². The lowest BCUT2D eigenvalue weighted by Gasteiger charge is -2.13. The topological polar surface area (TPSA) is 73.8 Å². The minimum Gasteiger partial charge on any atom is -0.423 e. The lowest BCUT2D eigenvalue weighted by atomic mass is 9.95. The average Bonchev–Trinajstić information content (AvgIpc) is 3.13. The minimum atomic E-state index is -0.344. The molecular formula is C23H24N4O2S. The fraction of sp³-hybridized carbons (Fsp3) is 0.304. The molecule has 0 bridgehead atoms. The predicted octanol–water partition coefficient (Wildman–Crippen LogP) is 5.11. The second kappa shape index (κ2) is 8.07. The van der Waals surface area contributed by atoms with Crippen LogP contribution in [0.4, 0.5) is 0 Å². The summed E-state index contributed by atoms with van der Waals surface area (Å²) in [7, 11) is 0. The number of fused-ring (bicyclic) bond motifs is 1. The Balaban J connectivity index is 1.71. The number of aryl methyl sites for hydroxylation is 3. The predicted molar refractivity (Wildman–Crippen MR) is 119 cm³/mol. The summed E-state index contributed by atoms with van der Waals surface area (Å²) >= 11 is 1.50. The van der Waals surface area contributed by atoms with E-state index in [1.54, 1.807) is 10.7 Å². The molecule has 0 spiro atoms. The van der Waals surface area contributed by atoms with Gasteiger partial charge in [0.25, 0.3) is 0 Å². The molecule has 0 fully saturated rings. The highest BCUT2D eigenvalue weighted by atomic mass is 32.2. The largest absolute Gasteiger partial charge is 0.423 e. The fourth-order valence-electron chi connectivity index (χ4n) is 3.74. The molecule has 0 radical (unpaired) electrons. The molecule has 0 aliphatic rings. The van der Waals surface area contributed by atoms with Gasteiger partial charge in [0.2, 0.25) is 5.16 Å². The normalized spacial score (nSPS) is 11.5. The summed E-state index contributed by atoms with van der Waals surface area (Å²) in [5.74, 6) is 0.951. The molecule has 4 aromatic rings. The van der Waals surface area contributed by atoms with Crippen LogP contribution in [0.1, 0.15) is 47.6 Å². The van der Waals surface area contributed by atoms with E-state index in [0.717, 1.165) is 27.8 Å². The van der Waals surface area contributed by atoms with Gasteiger partial charge in [-0.2, -0.15) is 4.68 Å². The molecule has 0 saturated heterocycles. The van der Waals surface area contributed by atoms with Crippen LogP contribution >= 0.6 is 11.8 Å². The van der Waals surface area contributed by atoms with E-state index in [1.807, 2.05) is 32.0 Å². The highest BCUT2D eigenvalue weighted by Crippen LogP contribution is 2.30. The Hall–Kier alpha value is -2.93. The first-order valence-corrected chi connectivity index (χ1v) is 10.9. The van der Waals surface area contributed by atoms with Crippen molar-refractivity contribution >= 4 is 22.7 Å². The molecule has 2 aromatic carbocycles. The molecule has 30 heavy (non-hydrogen) atoms. The second-order valence-electron chi connectivity index (χ2n) is 7.90. The van der Waals surface area contributed by atoms with E-state index in [2.05, 4.69) is 48.4 Å². The molecule has 2 aromatic heterocycles. The number of aromatic nitrogens is 4. The number of benzene rings is 2. The van der Waals surface area contributed by atoms with Crippen molar-refractivity contribution in [1.29, 1.82) is 0 Å². The van der Waals surface area contributed by atoms with Crippen molar-refractivity contribution in [3.05, 3.63) is 74.6 Å². The molecule has 0 N–H and O–H groups in total. The van der Waals surface area contributed by atoms with Gasteiger partial charge in [0, 0.05) is 17.2 Å². The van der Waals surface area contributed by atoms with Crippen LogP contribution in [0, 0.1) is 20.8 Å². The first-order chi connectivity index (χ1) is 14.3. The minimum absolute atomic E-state index is 0.344. The van der Waals surface area contributed by atoms with Crippen molar-refractivity contribution in [3.8, 4) is 5.69 Å². The summed E-state index contributed by atoms with van der Waals surface area (Å²) in [6, 6.07) is 11.8. The summed E-state index contributed by atoms with van der Waals surface area (Å²) in [5.41, 5.74) is 6.82. The van der Waals surface area contributed by atoms with E-state index >= 15 is 0 Å². The summed E-state index contributed by atoms with van der Waals surface area (Å²) < 4.78 is 7.21. The third-order valence-electron chi connectivity index (χ3n) is 5.22. The molecule has 0 aliphatic heterocycles. The van der Waals surface area contributed by atoms with Crippen LogP contribution in [-0.2, 0) is 5.75 Å². The van der Waals surface area contributed by atoms with Crippen LogP contribution in [0.3, 0.4) is 0 Å². The molecule has 6 nitrogen and oxygen atoms in total. The standard InChI is InChI=1S/C23H24N4O2S/c1-13(2)18-11-19-17(10-22(28)29-21(19)9-15(18)4)12-30-23-24-25-26-27(23)20-7-6-14(3)8-16(20)5/h6-11,13H,12H2,1-5H3. The lowest BCUT2D eigenvalue weighted by molar-refractivity contribution is 0.559. The van der Waals surface area contributed by atoms with Crippen molar-refractivity contribution in [2.24, 2.45) is 0 Å². The molecule has 0 saturated carbocycles. The van der Waals surface area contributed by atoms with Gasteiger partial charge in [-0.15, -0.1) is 5.10 Å². The van der Waals surface area contributed by atoms with Crippen LogP contribution in [0.15, 0.2) is 50.8 Å². The number of hydrogen-bond acceptors (Lipinski definition) is 6. The van der Waals surface area contributed by atoms with Gasteiger partial charge < -0.3 is 4.42 Å². The van der Waals surface area contributed by atoms with Gasteiger partial charge >= 0.3 is 5.63 Å². The molecule has 7 heteroatoms. The molecule has 154 valence electrons. The Labute approximate surface area is 179 Å². The van der Waals surface area contributed by atoms with Crippen LogP contribution < -0.4 is 5.63 Å². The zero-order chi connectivity index (χ0) is 21.4. The zero-order valence-corrected chi connectivity index (χ0v) is 18.6. The van der Waals surface area contributed by atoms with Gasteiger partial charge in [-0.25, -0.2) is 4.79 Å². The maximum Gasteiger partial charge on any atom is 0.336 e. The number of hydrogen-bond donors (Lipinski definition) is 0. The van der Waals surface area contributed by atoms with E-state index in [4.69, 9.17) is 4.42 Å². The first kappa shape index (κ1) is 20.3. The van der Waals surface area contributed by atoms with Crippen LogP contribution in [0.5, 0.6) is 0 Å². The Bertz CT molecular complexity index is 1290. The van der Waals surface area contributed by atoms with E-state index in [1.165, 1.54) is 22.9 Å². The third kappa shape index (κ3) is 3.89. The van der Waals surface area contributed by atoms with E-state index in [-0.39, 0.29) is 5.63 Å². The number of nitrogens with zero attached hydrogens (tertiary/aromatic N) is 4. The van der Waals surface area contributed by atoms with E-state index < -0.39 is 0 Å². The third-order valence-corrected chi connectivity index (χ3v) is 6.19. The highest BCUT2D eigenvalue weighted by molar-refractivity contribution is 7.98. The molecule has 4 rings (SSSR count). The Morgan fingerprint density at radius 3 is 2.60 bits per heavy atom. The number of rotatable bonds is 5. The molecule has 0 unspecified atom stereocenters. The monoisotopic (exact) mass is 420 g/mol.